The van der Waals surface area contributed by atoms with Gasteiger partial charge < -0.3 is 15.2 Å². The van der Waals surface area contributed by atoms with Crippen LogP contribution in [0.15, 0.2) is 6.07 Å². The Labute approximate surface area is 95.1 Å². The van der Waals surface area contributed by atoms with Crippen molar-refractivity contribution in [1.29, 1.82) is 5.41 Å². The molecule has 1 rings (SSSR count). The number of ether oxygens (including phenoxy) is 2. The third-order valence-electron chi connectivity index (χ3n) is 2.11. The van der Waals surface area contributed by atoms with Crippen LogP contribution >= 0.6 is 0 Å². The minimum atomic E-state index is -0.0302. The van der Waals surface area contributed by atoms with Crippen molar-refractivity contribution in [1.82, 2.24) is 4.98 Å². The largest absolute Gasteiger partial charge is 0.490 e. The molecule has 0 aliphatic rings. The normalized spacial score (nSPS) is 10.2. The molecule has 1 aromatic heterocycles. The molecule has 0 atom stereocenters. The summed E-state index contributed by atoms with van der Waals surface area (Å²) in [4.78, 5) is 4.25. The lowest BCUT2D eigenvalue weighted by Crippen LogP contribution is -2.17. The second-order valence-corrected chi connectivity index (χ2v) is 3.48. The van der Waals surface area contributed by atoms with Gasteiger partial charge in [0.2, 0.25) is 0 Å². The van der Waals surface area contributed by atoms with Gasteiger partial charge in [-0.2, -0.15) is 0 Å². The molecular weight excluding hydrogens is 206 g/mol. The smallest absolute Gasteiger partial charge is 0.133 e. The Hall–Kier alpha value is -1.62. The molecule has 5 heteroatoms. The number of hydrogen-bond acceptors (Lipinski definition) is 4. The molecule has 0 aromatic carbocycles. The molecule has 0 saturated carbocycles. The van der Waals surface area contributed by atoms with Gasteiger partial charge in [0, 0.05) is 18.9 Å². The summed E-state index contributed by atoms with van der Waals surface area (Å²) < 4.78 is 10.4. The monoisotopic (exact) mass is 223 g/mol. The lowest BCUT2D eigenvalue weighted by molar-refractivity contribution is 0.146. The van der Waals surface area contributed by atoms with Crippen LogP contribution in [0, 0.1) is 19.3 Å². The van der Waals surface area contributed by atoms with Gasteiger partial charge in [-0.3, -0.25) is 10.4 Å². The van der Waals surface area contributed by atoms with E-state index in [9.17, 15) is 0 Å². The van der Waals surface area contributed by atoms with Crippen molar-refractivity contribution in [2.24, 2.45) is 5.73 Å². The standard InChI is InChI=1S/C11H17N3O2/c1-7-6-9(16-5-4-15-3)10(11(12)13)8(2)14-7/h6H,4-5H2,1-3H3,(H3,12,13). The molecule has 16 heavy (non-hydrogen) atoms. The third kappa shape index (κ3) is 2.93. The fourth-order valence-corrected chi connectivity index (χ4v) is 1.47. The Balaban J connectivity index is 2.99. The Morgan fingerprint density at radius 2 is 2.12 bits per heavy atom. The second-order valence-electron chi connectivity index (χ2n) is 3.48. The summed E-state index contributed by atoms with van der Waals surface area (Å²) in [5.74, 6) is 0.562. The van der Waals surface area contributed by atoms with Crippen LogP contribution in [0.3, 0.4) is 0 Å². The maximum atomic E-state index is 7.49. The highest BCUT2D eigenvalue weighted by atomic mass is 16.5. The molecule has 0 amide bonds. The van der Waals surface area contributed by atoms with Gasteiger partial charge in [-0.25, -0.2) is 0 Å². The zero-order valence-corrected chi connectivity index (χ0v) is 9.83. The maximum Gasteiger partial charge on any atom is 0.133 e. The van der Waals surface area contributed by atoms with Crippen LogP contribution < -0.4 is 10.5 Å². The van der Waals surface area contributed by atoms with Crippen molar-refractivity contribution < 1.29 is 9.47 Å². The maximum absolute atomic E-state index is 7.49. The fourth-order valence-electron chi connectivity index (χ4n) is 1.47. The summed E-state index contributed by atoms with van der Waals surface area (Å²) in [7, 11) is 1.61. The number of hydrogen-bond donors (Lipinski definition) is 2. The molecule has 88 valence electrons. The van der Waals surface area contributed by atoms with Crippen LogP contribution in [-0.2, 0) is 4.74 Å². The number of amidine groups is 1. The highest BCUT2D eigenvalue weighted by Crippen LogP contribution is 2.21. The van der Waals surface area contributed by atoms with E-state index >= 15 is 0 Å². The molecule has 1 aromatic rings. The first-order valence-electron chi connectivity index (χ1n) is 5.00. The molecule has 0 bridgehead atoms. The lowest BCUT2D eigenvalue weighted by atomic mass is 10.1. The van der Waals surface area contributed by atoms with Crippen LogP contribution in [0.25, 0.3) is 0 Å². The van der Waals surface area contributed by atoms with E-state index in [0.29, 0.717) is 30.2 Å². The minimum absolute atomic E-state index is 0.0302. The summed E-state index contributed by atoms with van der Waals surface area (Å²) in [6, 6.07) is 1.78. The summed E-state index contributed by atoms with van der Waals surface area (Å²) in [6.45, 7) is 4.62. The first-order chi connectivity index (χ1) is 7.56. The van der Waals surface area contributed by atoms with Crippen molar-refractivity contribution in [3.8, 4) is 5.75 Å². The van der Waals surface area contributed by atoms with Crippen molar-refractivity contribution in [2.75, 3.05) is 20.3 Å². The van der Waals surface area contributed by atoms with Gasteiger partial charge in [0.15, 0.2) is 0 Å². The number of rotatable bonds is 5. The van der Waals surface area contributed by atoms with Crippen LogP contribution in [-0.4, -0.2) is 31.1 Å². The number of nitrogen functional groups attached to an aromatic ring is 1. The zero-order valence-electron chi connectivity index (χ0n) is 9.83. The second kappa shape index (κ2) is 5.46. The average Bonchev–Trinajstić information content (AvgIpc) is 2.16. The van der Waals surface area contributed by atoms with Gasteiger partial charge in [-0.1, -0.05) is 0 Å². The van der Waals surface area contributed by atoms with Gasteiger partial charge in [-0.15, -0.1) is 0 Å². The number of aromatic nitrogens is 1. The predicted molar refractivity (Wildman–Crippen MR) is 62.1 cm³/mol. The number of methoxy groups -OCH3 is 1. The van der Waals surface area contributed by atoms with Gasteiger partial charge in [0.1, 0.15) is 18.2 Å². The van der Waals surface area contributed by atoms with E-state index in [-0.39, 0.29) is 5.84 Å². The summed E-state index contributed by atoms with van der Waals surface area (Å²) in [5, 5.41) is 7.49. The first kappa shape index (κ1) is 12.4. The quantitative estimate of drug-likeness (QED) is 0.443. The highest BCUT2D eigenvalue weighted by Gasteiger charge is 2.12. The van der Waals surface area contributed by atoms with Crippen LogP contribution in [0.5, 0.6) is 5.75 Å². The van der Waals surface area contributed by atoms with E-state index in [1.54, 1.807) is 13.2 Å². The van der Waals surface area contributed by atoms with E-state index < -0.39 is 0 Å². The van der Waals surface area contributed by atoms with Gasteiger partial charge in [-0.05, 0) is 13.8 Å². The van der Waals surface area contributed by atoms with Crippen LogP contribution in [0.4, 0.5) is 0 Å². The highest BCUT2D eigenvalue weighted by molar-refractivity contribution is 5.98. The minimum Gasteiger partial charge on any atom is -0.490 e. The first-order valence-corrected chi connectivity index (χ1v) is 5.00. The van der Waals surface area contributed by atoms with Gasteiger partial charge in [0.05, 0.1) is 17.9 Å². The molecule has 0 radical (unpaired) electrons. The van der Waals surface area contributed by atoms with Crippen LogP contribution in [0.2, 0.25) is 0 Å². The average molecular weight is 223 g/mol. The van der Waals surface area contributed by atoms with E-state index in [0.717, 1.165) is 5.69 Å². The molecule has 0 saturated heterocycles. The molecule has 3 N–H and O–H groups in total. The van der Waals surface area contributed by atoms with E-state index in [1.807, 2.05) is 13.8 Å². The van der Waals surface area contributed by atoms with Crippen molar-refractivity contribution >= 4 is 5.84 Å². The van der Waals surface area contributed by atoms with Crippen molar-refractivity contribution in [3.63, 3.8) is 0 Å². The topological polar surface area (TPSA) is 81.2 Å². The zero-order chi connectivity index (χ0) is 12.1. The van der Waals surface area contributed by atoms with Gasteiger partial charge >= 0.3 is 0 Å². The fraction of sp³-hybridized carbons (Fsp3) is 0.455. The van der Waals surface area contributed by atoms with Crippen molar-refractivity contribution in [2.45, 2.75) is 13.8 Å². The Bertz CT molecular complexity index is 391. The molecule has 0 spiro atoms. The summed E-state index contributed by atoms with van der Waals surface area (Å²) in [6.07, 6.45) is 0. The number of aryl methyl sites for hydroxylation is 2. The number of nitrogens with one attached hydrogen (secondary N) is 1. The molecular formula is C11H17N3O2. The van der Waals surface area contributed by atoms with Crippen LogP contribution in [0.1, 0.15) is 17.0 Å². The molecule has 0 unspecified atom stereocenters. The molecule has 0 aliphatic heterocycles. The Morgan fingerprint density at radius 1 is 1.44 bits per heavy atom. The third-order valence-corrected chi connectivity index (χ3v) is 2.11. The number of pyridine rings is 1. The van der Waals surface area contributed by atoms with E-state index in [2.05, 4.69) is 4.98 Å². The summed E-state index contributed by atoms with van der Waals surface area (Å²) in [5.41, 5.74) is 7.61. The Morgan fingerprint density at radius 3 is 2.69 bits per heavy atom. The predicted octanol–water partition coefficient (Wildman–Crippen LogP) is 1.01. The lowest BCUT2D eigenvalue weighted by Gasteiger charge is -2.13. The summed E-state index contributed by atoms with van der Waals surface area (Å²) >= 11 is 0. The van der Waals surface area contributed by atoms with E-state index in [1.165, 1.54) is 0 Å². The Kier molecular flexibility index (Phi) is 4.25. The molecule has 5 nitrogen and oxygen atoms in total. The number of nitrogens with zero attached hydrogens (tertiary/aromatic N) is 1. The van der Waals surface area contributed by atoms with Crippen molar-refractivity contribution in [3.05, 3.63) is 23.0 Å². The molecule has 0 fully saturated rings. The van der Waals surface area contributed by atoms with E-state index in [4.69, 9.17) is 20.6 Å². The molecule has 1 heterocycles. The molecule has 0 aliphatic carbocycles. The SMILES string of the molecule is COCCOc1cc(C)nc(C)c1C(=N)N. The number of nitrogens with two attached hydrogens (primary N) is 1. The van der Waals surface area contributed by atoms with Gasteiger partial charge in [0.25, 0.3) is 0 Å².